The number of Topliss-reactive ketones (excluding diaryl/α,β-unsaturated/α-hetero) is 2. The van der Waals surface area contributed by atoms with Crippen molar-refractivity contribution in [2.75, 3.05) is 0 Å². The van der Waals surface area contributed by atoms with E-state index in [0.717, 1.165) is 31.3 Å². The molecule has 1 aliphatic carbocycles. The second-order valence-corrected chi connectivity index (χ2v) is 12.7. The van der Waals surface area contributed by atoms with E-state index in [2.05, 4.69) is 19.1 Å². The van der Waals surface area contributed by atoms with Gasteiger partial charge in [0.05, 0.1) is 22.8 Å². The van der Waals surface area contributed by atoms with Crippen molar-refractivity contribution in [3.63, 3.8) is 0 Å². The van der Waals surface area contributed by atoms with Gasteiger partial charge in [-0.05, 0) is 98.6 Å². The highest BCUT2D eigenvalue weighted by Crippen LogP contribution is 2.49. The molecule has 0 heterocycles. The quantitative estimate of drug-likeness (QED) is 0.122. The zero-order valence-electron chi connectivity index (χ0n) is 26.3. The van der Waals surface area contributed by atoms with Crippen molar-refractivity contribution in [1.29, 1.82) is 0 Å². The van der Waals surface area contributed by atoms with Crippen molar-refractivity contribution in [3.05, 3.63) is 63.3 Å². The van der Waals surface area contributed by atoms with Crippen LogP contribution in [0.15, 0.2) is 41.0 Å². The van der Waals surface area contributed by atoms with Crippen LogP contribution in [-0.2, 0) is 0 Å². The maximum Gasteiger partial charge on any atom is 0.207 e. The molecule has 0 bridgehead atoms. The van der Waals surface area contributed by atoms with Crippen LogP contribution in [0.3, 0.4) is 0 Å². The summed E-state index contributed by atoms with van der Waals surface area (Å²) in [5.74, 6) is -3.16. The topological polar surface area (TPSA) is 156 Å². The zero-order chi connectivity index (χ0) is 32.4. The molecule has 0 spiro atoms. The smallest absolute Gasteiger partial charge is 0.207 e. The number of ketones is 2. The molecule has 3 rings (SSSR count). The van der Waals surface area contributed by atoms with E-state index in [4.69, 9.17) is 0 Å². The average molecular weight is 595 g/mol. The summed E-state index contributed by atoms with van der Waals surface area (Å²) in [6, 6.07) is 1.31. The number of benzene rings is 2. The molecule has 0 unspecified atom stereocenters. The molecule has 0 saturated carbocycles. The fourth-order valence-corrected chi connectivity index (χ4v) is 5.55. The first-order valence-corrected chi connectivity index (χ1v) is 14.8. The summed E-state index contributed by atoms with van der Waals surface area (Å²) < 4.78 is 0. The number of rotatable bonds is 12. The molecule has 8 nitrogen and oxygen atoms in total. The van der Waals surface area contributed by atoms with E-state index in [-0.39, 0.29) is 39.6 Å². The standard InChI is InChI=1S/C35H46O8/c1-19(10-8-12-20(2)14-15-25(37)34(6,7)42)11-9-13-21(3)16-17-35(43)32(40)27-24(36)18-22(4)26-28(27)29(33(35)41)31(39)23(5)30(26)38/h11-12,16,18,25,36-39,42-43H,8-10,13-15,17H2,1-7H3/t25-,35-/m1/s1. The number of hydrogen-bond donors (Lipinski definition) is 6. The third-order valence-corrected chi connectivity index (χ3v) is 8.58. The Morgan fingerprint density at radius 1 is 0.837 bits per heavy atom. The van der Waals surface area contributed by atoms with Crippen molar-refractivity contribution in [2.24, 2.45) is 0 Å². The Morgan fingerprint density at radius 3 is 1.91 bits per heavy atom. The third-order valence-electron chi connectivity index (χ3n) is 8.58. The van der Waals surface area contributed by atoms with Gasteiger partial charge in [-0.25, -0.2) is 0 Å². The molecule has 234 valence electrons. The maximum absolute atomic E-state index is 13.6. The highest BCUT2D eigenvalue weighted by Gasteiger charge is 2.51. The van der Waals surface area contributed by atoms with Gasteiger partial charge in [-0.3, -0.25) is 9.59 Å². The maximum atomic E-state index is 13.6. The first kappa shape index (κ1) is 34.0. The molecule has 2 atom stereocenters. The molecule has 43 heavy (non-hydrogen) atoms. The van der Waals surface area contributed by atoms with Crippen molar-refractivity contribution >= 4 is 22.3 Å². The normalized spacial score (nSPS) is 19.0. The van der Waals surface area contributed by atoms with Crippen LogP contribution in [-0.4, -0.2) is 59.5 Å². The van der Waals surface area contributed by atoms with Gasteiger partial charge in [-0.15, -0.1) is 0 Å². The second kappa shape index (κ2) is 13.0. The largest absolute Gasteiger partial charge is 0.507 e. The van der Waals surface area contributed by atoms with Crippen LogP contribution in [0.5, 0.6) is 17.2 Å². The van der Waals surface area contributed by atoms with Gasteiger partial charge >= 0.3 is 0 Å². The van der Waals surface area contributed by atoms with Crippen LogP contribution >= 0.6 is 0 Å². The van der Waals surface area contributed by atoms with E-state index < -0.39 is 40.4 Å². The van der Waals surface area contributed by atoms with Crippen molar-refractivity contribution < 1.29 is 40.2 Å². The fourth-order valence-electron chi connectivity index (χ4n) is 5.55. The molecule has 1 aliphatic rings. The first-order chi connectivity index (χ1) is 19.9. The highest BCUT2D eigenvalue weighted by atomic mass is 16.3. The number of aryl methyl sites for hydroxylation is 1. The van der Waals surface area contributed by atoms with E-state index in [1.54, 1.807) is 26.8 Å². The number of phenols is 3. The molecular formula is C35H46O8. The number of hydrogen-bond acceptors (Lipinski definition) is 8. The molecule has 0 saturated heterocycles. The van der Waals surface area contributed by atoms with Crippen LogP contribution in [0, 0.1) is 13.8 Å². The van der Waals surface area contributed by atoms with Crippen molar-refractivity contribution in [1.82, 2.24) is 0 Å². The van der Waals surface area contributed by atoms with E-state index in [0.29, 0.717) is 18.4 Å². The minimum absolute atomic E-state index is 0.0455. The minimum Gasteiger partial charge on any atom is -0.507 e. The van der Waals surface area contributed by atoms with Crippen molar-refractivity contribution in [2.45, 2.75) is 111 Å². The Balaban J connectivity index is 1.67. The SMILES string of the molecule is CC(=CCCC(C)=CC[C@@]1(O)C(=O)c2c(O)cc(C)c3c(O)c(C)c(O)c(c23)C1=O)CCC=C(C)CC[C@@H](O)C(C)(C)O. The number of phenolic OH excluding ortho intramolecular Hbond substituents is 3. The molecule has 6 N–H and O–H groups in total. The summed E-state index contributed by atoms with van der Waals surface area (Å²) >= 11 is 0. The summed E-state index contributed by atoms with van der Waals surface area (Å²) in [5.41, 5.74) is -0.443. The Labute approximate surface area is 253 Å². The lowest BCUT2D eigenvalue weighted by Crippen LogP contribution is -2.49. The molecule has 0 fully saturated rings. The van der Waals surface area contributed by atoms with Crippen LogP contribution in [0.1, 0.15) is 111 Å². The number of allylic oxidation sites excluding steroid dienone is 5. The third kappa shape index (κ3) is 7.03. The minimum atomic E-state index is -2.51. The predicted octanol–water partition coefficient (Wildman–Crippen LogP) is 6.38. The molecule has 8 heteroatoms. The molecular weight excluding hydrogens is 548 g/mol. The number of carbonyl (C=O) groups is 2. The van der Waals surface area contributed by atoms with Gasteiger partial charge in [0.25, 0.3) is 0 Å². The van der Waals surface area contributed by atoms with Gasteiger partial charge < -0.3 is 30.6 Å². The molecule has 0 radical (unpaired) electrons. The zero-order valence-corrected chi connectivity index (χ0v) is 26.3. The first-order valence-electron chi connectivity index (χ1n) is 14.8. The second-order valence-electron chi connectivity index (χ2n) is 12.7. The molecule has 0 aliphatic heterocycles. The van der Waals surface area contributed by atoms with Gasteiger partial charge in [0.15, 0.2) is 5.60 Å². The summed E-state index contributed by atoms with van der Waals surface area (Å²) in [5, 5.41) is 63.5. The van der Waals surface area contributed by atoms with Crippen LogP contribution < -0.4 is 0 Å². The number of aliphatic hydroxyl groups is 3. The Hall–Kier alpha value is -3.46. The number of carbonyl (C=O) groups excluding carboxylic acids is 2. The molecule has 2 aromatic carbocycles. The summed E-state index contributed by atoms with van der Waals surface area (Å²) in [6.45, 7) is 12.2. The molecule has 0 amide bonds. The van der Waals surface area contributed by atoms with Gasteiger partial charge in [0, 0.05) is 22.8 Å². The van der Waals surface area contributed by atoms with Gasteiger partial charge in [0.2, 0.25) is 11.6 Å². The summed E-state index contributed by atoms with van der Waals surface area (Å²) in [4.78, 5) is 27.1. The van der Waals surface area contributed by atoms with Gasteiger partial charge in [0.1, 0.15) is 17.2 Å². The highest BCUT2D eigenvalue weighted by molar-refractivity contribution is 6.36. The van der Waals surface area contributed by atoms with Crippen LogP contribution in [0.25, 0.3) is 10.8 Å². The average Bonchev–Trinajstić information content (AvgIpc) is 2.91. The fraction of sp³-hybridized carbons (Fsp3) is 0.486. The lowest BCUT2D eigenvalue weighted by molar-refractivity contribution is -0.0509. The van der Waals surface area contributed by atoms with E-state index in [1.807, 2.05) is 13.8 Å². The lowest BCUT2D eigenvalue weighted by atomic mass is 9.73. The summed E-state index contributed by atoms with van der Waals surface area (Å²) in [7, 11) is 0. The van der Waals surface area contributed by atoms with E-state index in [9.17, 15) is 40.2 Å². The molecule has 0 aromatic heterocycles. The Morgan fingerprint density at radius 2 is 1.35 bits per heavy atom. The van der Waals surface area contributed by atoms with Crippen LogP contribution in [0.4, 0.5) is 0 Å². The van der Waals surface area contributed by atoms with Gasteiger partial charge in [-0.1, -0.05) is 34.9 Å². The monoisotopic (exact) mass is 594 g/mol. The Kier molecular flexibility index (Phi) is 10.3. The predicted molar refractivity (Wildman–Crippen MR) is 168 cm³/mol. The number of aromatic hydroxyl groups is 3. The van der Waals surface area contributed by atoms with Gasteiger partial charge in [-0.2, -0.15) is 0 Å². The van der Waals surface area contributed by atoms with Crippen LogP contribution in [0.2, 0.25) is 0 Å². The summed E-state index contributed by atoms with van der Waals surface area (Å²) in [6.07, 6.45) is 9.19. The number of aliphatic hydroxyl groups excluding tert-OH is 1. The molecule has 2 aromatic rings. The Bertz CT molecular complexity index is 1520. The van der Waals surface area contributed by atoms with E-state index >= 15 is 0 Å². The lowest BCUT2D eigenvalue weighted by Gasteiger charge is -2.32. The van der Waals surface area contributed by atoms with Crippen molar-refractivity contribution in [3.8, 4) is 17.2 Å². The van der Waals surface area contributed by atoms with E-state index in [1.165, 1.54) is 24.1 Å².